The predicted octanol–water partition coefficient (Wildman–Crippen LogP) is 2.15. The number of nitrogens with zero attached hydrogens (tertiary/aromatic N) is 4. The van der Waals surface area contributed by atoms with Gasteiger partial charge in [-0.3, -0.25) is 14.5 Å². The normalized spacial score (nSPS) is 18.1. The van der Waals surface area contributed by atoms with E-state index < -0.39 is 0 Å². The molecule has 2 saturated heterocycles. The lowest BCUT2D eigenvalue weighted by Crippen LogP contribution is -2.44. The molecule has 0 atom stereocenters. The Morgan fingerprint density at radius 3 is 2.63 bits per heavy atom. The van der Waals surface area contributed by atoms with Crippen LogP contribution in [0.4, 0.5) is 5.82 Å². The largest absolute Gasteiger partial charge is 0.353 e. The van der Waals surface area contributed by atoms with E-state index >= 15 is 0 Å². The van der Waals surface area contributed by atoms with Gasteiger partial charge in [-0.05, 0) is 37.8 Å². The minimum absolute atomic E-state index is 0.00712. The number of likely N-dealkylation sites (tertiary alicyclic amines) is 1. The summed E-state index contributed by atoms with van der Waals surface area (Å²) in [7, 11) is 0. The maximum Gasteiger partial charge on any atom is 0.294 e. The average Bonchev–Trinajstić information content (AvgIpc) is 3.29. The molecule has 1 amide bonds. The number of aryl methyl sites for hydroxylation is 1. The van der Waals surface area contributed by atoms with Gasteiger partial charge >= 0.3 is 0 Å². The van der Waals surface area contributed by atoms with Crippen LogP contribution in [0, 0.1) is 0 Å². The Balaban J connectivity index is 1.44. The van der Waals surface area contributed by atoms with E-state index in [1.54, 1.807) is 4.57 Å². The molecule has 160 valence electrons. The zero-order valence-electron chi connectivity index (χ0n) is 17.6. The number of para-hydroxylation sites is 2. The molecule has 4 rings (SSSR count). The molecule has 2 aromatic rings. The molecule has 2 aliphatic rings. The third kappa shape index (κ3) is 4.56. The first-order chi connectivity index (χ1) is 14.7. The van der Waals surface area contributed by atoms with Gasteiger partial charge in [-0.2, -0.15) is 0 Å². The summed E-state index contributed by atoms with van der Waals surface area (Å²) >= 11 is 0. The third-order valence-electron chi connectivity index (χ3n) is 6.14. The van der Waals surface area contributed by atoms with Crippen molar-refractivity contribution in [2.45, 2.75) is 44.7 Å². The SMILES string of the molecule is C=CCN1CCC(NC(=O)CCn2c(=O)c(N3CCCC3)nc3ccccc32)CC1. The van der Waals surface area contributed by atoms with Crippen LogP contribution in [0.2, 0.25) is 0 Å². The number of aromatic nitrogens is 2. The summed E-state index contributed by atoms with van der Waals surface area (Å²) in [5.74, 6) is 0.522. The molecule has 1 aromatic carbocycles. The van der Waals surface area contributed by atoms with Crippen LogP contribution >= 0.6 is 0 Å². The van der Waals surface area contributed by atoms with E-state index in [1.807, 2.05) is 30.3 Å². The lowest BCUT2D eigenvalue weighted by molar-refractivity contribution is -0.122. The Bertz CT molecular complexity index is 956. The van der Waals surface area contributed by atoms with Crippen molar-refractivity contribution in [1.29, 1.82) is 0 Å². The number of amides is 1. The van der Waals surface area contributed by atoms with Gasteiger partial charge in [0.25, 0.3) is 5.56 Å². The Morgan fingerprint density at radius 2 is 1.90 bits per heavy atom. The highest BCUT2D eigenvalue weighted by Crippen LogP contribution is 2.18. The summed E-state index contributed by atoms with van der Waals surface area (Å²) < 4.78 is 1.72. The molecule has 0 aliphatic carbocycles. The molecule has 2 aliphatic heterocycles. The lowest BCUT2D eigenvalue weighted by Gasteiger charge is -2.31. The zero-order valence-corrected chi connectivity index (χ0v) is 17.6. The third-order valence-corrected chi connectivity index (χ3v) is 6.14. The number of hydrogen-bond donors (Lipinski definition) is 1. The van der Waals surface area contributed by atoms with Gasteiger partial charge in [0.05, 0.1) is 11.0 Å². The van der Waals surface area contributed by atoms with Crippen molar-refractivity contribution in [1.82, 2.24) is 19.8 Å². The molecule has 0 bridgehead atoms. The van der Waals surface area contributed by atoms with E-state index in [0.717, 1.165) is 69.4 Å². The van der Waals surface area contributed by atoms with Gasteiger partial charge in [-0.1, -0.05) is 18.2 Å². The highest BCUT2D eigenvalue weighted by atomic mass is 16.2. The maximum atomic E-state index is 13.2. The summed E-state index contributed by atoms with van der Waals surface area (Å²) in [5, 5.41) is 3.16. The molecule has 0 saturated carbocycles. The predicted molar refractivity (Wildman–Crippen MR) is 120 cm³/mol. The van der Waals surface area contributed by atoms with Crippen LogP contribution in [-0.4, -0.2) is 59.1 Å². The van der Waals surface area contributed by atoms with Crippen LogP contribution in [0.1, 0.15) is 32.1 Å². The Morgan fingerprint density at radius 1 is 1.17 bits per heavy atom. The second-order valence-electron chi connectivity index (χ2n) is 8.26. The van der Waals surface area contributed by atoms with Gasteiger partial charge in [-0.25, -0.2) is 4.98 Å². The first kappa shape index (κ1) is 20.6. The maximum absolute atomic E-state index is 13.2. The number of fused-ring (bicyclic) bond motifs is 1. The highest BCUT2D eigenvalue weighted by molar-refractivity contribution is 5.78. The molecule has 0 spiro atoms. The summed E-state index contributed by atoms with van der Waals surface area (Å²) in [6.07, 6.45) is 6.30. The van der Waals surface area contributed by atoms with Crippen LogP contribution in [0.15, 0.2) is 41.7 Å². The van der Waals surface area contributed by atoms with Crippen molar-refractivity contribution in [2.24, 2.45) is 0 Å². The Labute approximate surface area is 177 Å². The number of rotatable bonds is 7. The smallest absolute Gasteiger partial charge is 0.294 e. The van der Waals surface area contributed by atoms with Crippen molar-refractivity contribution in [3.05, 3.63) is 47.3 Å². The monoisotopic (exact) mass is 409 g/mol. The van der Waals surface area contributed by atoms with Crippen LogP contribution in [-0.2, 0) is 11.3 Å². The first-order valence-corrected chi connectivity index (χ1v) is 11.0. The minimum atomic E-state index is -0.0962. The van der Waals surface area contributed by atoms with Gasteiger partial charge in [0.15, 0.2) is 5.82 Å². The van der Waals surface area contributed by atoms with Gasteiger partial charge in [0.1, 0.15) is 0 Å². The van der Waals surface area contributed by atoms with Gasteiger partial charge in [0.2, 0.25) is 5.91 Å². The topological polar surface area (TPSA) is 70.5 Å². The fourth-order valence-electron chi connectivity index (χ4n) is 4.49. The second-order valence-corrected chi connectivity index (χ2v) is 8.26. The molecule has 2 fully saturated rings. The lowest BCUT2D eigenvalue weighted by atomic mass is 10.0. The molecular weight excluding hydrogens is 378 g/mol. The second kappa shape index (κ2) is 9.43. The molecule has 7 nitrogen and oxygen atoms in total. The molecular formula is C23H31N5O2. The van der Waals surface area contributed by atoms with E-state index in [2.05, 4.69) is 26.7 Å². The van der Waals surface area contributed by atoms with Crippen LogP contribution in [0.5, 0.6) is 0 Å². The molecule has 0 radical (unpaired) electrons. The quantitative estimate of drug-likeness (QED) is 0.710. The van der Waals surface area contributed by atoms with E-state index in [-0.39, 0.29) is 17.5 Å². The van der Waals surface area contributed by atoms with Gasteiger partial charge < -0.3 is 14.8 Å². The van der Waals surface area contributed by atoms with Crippen molar-refractivity contribution in [3.63, 3.8) is 0 Å². The van der Waals surface area contributed by atoms with Crippen LogP contribution in [0.3, 0.4) is 0 Å². The molecule has 1 N–H and O–H groups in total. The van der Waals surface area contributed by atoms with Crippen LogP contribution < -0.4 is 15.8 Å². The highest BCUT2D eigenvalue weighted by Gasteiger charge is 2.22. The van der Waals surface area contributed by atoms with Crippen LogP contribution in [0.25, 0.3) is 11.0 Å². The fourth-order valence-corrected chi connectivity index (χ4v) is 4.49. The summed E-state index contributed by atoms with van der Waals surface area (Å²) in [6.45, 7) is 8.74. The number of carbonyl (C=O) groups is 1. The van der Waals surface area contributed by atoms with Crippen molar-refractivity contribution < 1.29 is 4.79 Å². The first-order valence-electron chi connectivity index (χ1n) is 11.0. The number of piperidine rings is 1. The standard InChI is InChI=1S/C23H31N5O2/c1-2-12-26-15-9-18(10-16-26)24-21(29)11-17-28-20-8-4-3-7-19(20)25-22(23(28)30)27-13-5-6-14-27/h2-4,7-8,18H,1,5-6,9-17H2,(H,24,29). The Hall–Kier alpha value is -2.67. The van der Waals surface area contributed by atoms with Gasteiger partial charge in [-0.15, -0.1) is 6.58 Å². The summed E-state index contributed by atoms with van der Waals surface area (Å²) in [4.78, 5) is 34.8. The van der Waals surface area contributed by atoms with Crippen molar-refractivity contribution in [2.75, 3.05) is 37.6 Å². The number of carbonyl (C=O) groups excluding carboxylic acids is 1. The molecule has 30 heavy (non-hydrogen) atoms. The fraction of sp³-hybridized carbons (Fsp3) is 0.522. The van der Waals surface area contributed by atoms with E-state index in [9.17, 15) is 9.59 Å². The average molecular weight is 410 g/mol. The number of nitrogens with one attached hydrogen (secondary N) is 1. The number of hydrogen-bond acceptors (Lipinski definition) is 5. The Kier molecular flexibility index (Phi) is 6.47. The number of anilines is 1. The van der Waals surface area contributed by atoms with Crippen molar-refractivity contribution >= 4 is 22.8 Å². The summed E-state index contributed by atoms with van der Waals surface area (Å²) in [6, 6.07) is 7.90. The van der Waals surface area contributed by atoms with E-state index in [4.69, 9.17) is 0 Å². The molecule has 0 unspecified atom stereocenters. The van der Waals surface area contributed by atoms with E-state index in [1.165, 1.54) is 0 Å². The minimum Gasteiger partial charge on any atom is -0.353 e. The van der Waals surface area contributed by atoms with Gasteiger partial charge in [0, 0.05) is 51.7 Å². The number of benzene rings is 1. The molecule has 3 heterocycles. The molecule has 1 aromatic heterocycles. The molecule has 7 heteroatoms. The van der Waals surface area contributed by atoms with E-state index in [0.29, 0.717) is 18.8 Å². The summed E-state index contributed by atoms with van der Waals surface area (Å²) in [5.41, 5.74) is 1.49. The zero-order chi connectivity index (χ0) is 20.9. The van der Waals surface area contributed by atoms with Crippen molar-refractivity contribution in [3.8, 4) is 0 Å².